The van der Waals surface area contributed by atoms with Crippen LogP contribution in [0, 0.1) is 5.41 Å². The lowest BCUT2D eigenvalue weighted by Crippen LogP contribution is -2.29. The maximum absolute atomic E-state index is 12.9. The van der Waals surface area contributed by atoms with Gasteiger partial charge in [-0.2, -0.15) is 17.9 Å². The topological polar surface area (TPSA) is 196 Å². The van der Waals surface area contributed by atoms with Crippen LogP contribution in [0.1, 0.15) is 29.9 Å². The molecule has 0 aliphatic carbocycles. The third-order valence-electron chi connectivity index (χ3n) is 5.76. The Labute approximate surface area is 235 Å². The minimum atomic E-state index is -5.29. The summed E-state index contributed by atoms with van der Waals surface area (Å²) >= 11 is 0. The number of methoxy groups -OCH3 is 1. The largest absolute Gasteiger partial charge is 0.493 e. The zero-order valence-electron chi connectivity index (χ0n) is 22.2. The molecule has 0 fully saturated rings. The Bertz CT molecular complexity index is 1690. The second-order valence-corrected chi connectivity index (χ2v) is 8.58. The molecule has 16 heteroatoms. The molecule has 220 valence electrons. The molecule has 1 atom stereocenters. The van der Waals surface area contributed by atoms with Crippen LogP contribution in [0.15, 0.2) is 59.5 Å². The maximum atomic E-state index is 12.9. The van der Waals surface area contributed by atoms with E-state index in [2.05, 4.69) is 25.1 Å². The Morgan fingerprint density at radius 2 is 1.93 bits per heavy atom. The van der Waals surface area contributed by atoms with Gasteiger partial charge in [0, 0.05) is 18.0 Å². The van der Waals surface area contributed by atoms with Gasteiger partial charge in [-0.15, -0.1) is 5.10 Å². The van der Waals surface area contributed by atoms with Crippen molar-refractivity contribution in [2.75, 3.05) is 24.8 Å². The Morgan fingerprint density at radius 1 is 1.17 bits per heavy atom. The smallest absolute Gasteiger partial charge is 0.491 e. The van der Waals surface area contributed by atoms with Gasteiger partial charge >= 0.3 is 17.8 Å². The van der Waals surface area contributed by atoms with Crippen LogP contribution in [0.5, 0.6) is 17.2 Å². The first-order valence-corrected chi connectivity index (χ1v) is 12.2. The molecule has 0 radical (unpaired) electrons. The second kappa shape index (κ2) is 11.9. The number of aromatic nitrogens is 4. The van der Waals surface area contributed by atoms with E-state index in [1.54, 1.807) is 31.2 Å². The van der Waals surface area contributed by atoms with Gasteiger partial charge in [0.25, 0.3) is 0 Å². The molecule has 0 aliphatic heterocycles. The van der Waals surface area contributed by atoms with E-state index in [4.69, 9.17) is 26.4 Å². The number of ether oxygens (including phenoxy) is 3. The number of aromatic amines is 1. The summed E-state index contributed by atoms with van der Waals surface area (Å²) in [4.78, 5) is 31.2. The summed E-state index contributed by atoms with van der Waals surface area (Å²) in [5, 5.41) is 15.1. The molecule has 2 aromatic carbocycles. The summed E-state index contributed by atoms with van der Waals surface area (Å²) in [6.07, 6.45) is -3.86. The van der Waals surface area contributed by atoms with Gasteiger partial charge in [0.05, 0.1) is 25.0 Å². The second-order valence-electron chi connectivity index (χ2n) is 8.58. The minimum absolute atomic E-state index is 0.0562. The molecule has 0 saturated carbocycles. The summed E-state index contributed by atoms with van der Waals surface area (Å²) in [6, 6.07) is 10.7. The monoisotopic (exact) mass is 586 g/mol. The number of benzene rings is 2. The average molecular weight is 587 g/mol. The Morgan fingerprint density at radius 3 is 2.57 bits per heavy atom. The molecule has 13 nitrogen and oxygen atoms in total. The number of alkyl halides is 3. The molecule has 0 bridgehead atoms. The van der Waals surface area contributed by atoms with E-state index in [-0.39, 0.29) is 28.6 Å². The number of halogens is 3. The molecule has 1 unspecified atom stereocenters. The van der Waals surface area contributed by atoms with Crippen molar-refractivity contribution in [2.45, 2.75) is 19.1 Å². The Kier molecular flexibility index (Phi) is 8.35. The lowest BCUT2D eigenvalue weighted by molar-refractivity contribution is -0.189. The van der Waals surface area contributed by atoms with Crippen LogP contribution in [-0.4, -0.2) is 51.4 Å². The van der Waals surface area contributed by atoms with Gasteiger partial charge in [0.2, 0.25) is 0 Å². The van der Waals surface area contributed by atoms with Gasteiger partial charge in [-0.1, -0.05) is 6.07 Å². The van der Waals surface area contributed by atoms with Crippen LogP contribution in [0.3, 0.4) is 0 Å². The van der Waals surface area contributed by atoms with E-state index in [1.165, 1.54) is 31.5 Å². The number of carbonyl (C=O) groups excluding carboxylic acids is 1. The Balaban J connectivity index is 1.83. The highest BCUT2D eigenvalue weighted by Crippen LogP contribution is 2.35. The standard InChI is InChI=1S/C26H25F3N8O5/c1-3-41-17-9-6-13(11-19(17)40-2)20(22-35-25(39)37(36-22)23-16(30)5-4-10-33-23)34-14-7-8-15(21(31)32)18(12-14)42-24(38)26(27,28)29/h4-12,20,34H,3,30H2,1-2H3,(H3,31,32)(H,35,36,39). The molecule has 4 rings (SSSR count). The minimum Gasteiger partial charge on any atom is -0.493 e. The highest BCUT2D eigenvalue weighted by molar-refractivity contribution is 5.99. The van der Waals surface area contributed by atoms with Crippen molar-refractivity contribution in [1.82, 2.24) is 19.7 Å². The third kappa shape index (κ3) is 6.27. The Hall–Kier alpha value is -5.54. The number of H-pyrrole nitrogens is 1. The number of nitrogens with zero attached hydrogens (tertiary/aromatic N) is 3. The van der Waals surface area contributed by atoms with Crippen LogP contribution in [-0.2, 0) is 4.79 Å². The number of hydrogen-bond acceptors (Lipinski definition) is 10. The number of anilines is 2. The highest BCUT2D eigenvalue weighted by Gasteiger charge is 2.42. The van der Waals surface area contributed by atoms with Crippen molar-refractivity contribution in [3.63, 3.8) is 0 Å². The summed E-state index contributed by atoms with van der Waals surface area (Å²) in [5.74, 6) is -2.82. The first-order valence-electron chi connectivity index (χ1n) is 12.2. The maximum Gasteiger partial charge on any atom is 0.491 e. The van der Waals surface area contributed by atoms with Crippen LogP contribution >= 0.6 is 0 Å². The van der Waals surface area contributed by atoms with Crippen molar-refractivity contribution in [3.05, 3.63) is 82.2 Å². The van der Waals surface area contributed by atoms with E-state index in [0.717, 1.165) is 10.7 Å². The van der Waals surface area contributed by atoms with E-state index in [0.29, 0.717) is 23.7 Å². The predicted octanol–water partition coefficient (Wildman–Crippen LogP) is 2.90. The molecule has 0 spiro atoms. The average Bonchev–Trinajstić information content (AvgIpc) is 3.32. The fourth-order valence-electron chi connectivity index (χ4n) is 3.89. The molecule has 2 heterocycles. The summed E-state index contributed by atoms with van der Waals surface area (Å²) in [5.41, 5.74) is 11.3. The number of rotatable bonds is 10. The highest BCUT2D eigenvalue weighted by atomic mass is 19.4. The first kappa shape index (κ1) is 29.4. The van der Waals surface area contributed by atoms with Gasteiger partial charge in [-0.05, 0) is 48.9 Å². The molecule has 2 aromatic heterocycles. The number of amidine groups is 1. The van der Waals surface area contributed by atoms with E-state index >= 15 is 0 Å². The zero-order chi connectivity index (χ0) is 30.6. The number of carbonyl (C=O) groups is 1. The van der Waals surface area contributed by atoms with E-state index < -0.39 is 35.5 Å². The first-order chi connectivity index (χ1) is 19.9. The van der Waals surface area contributed by atoms with Crippen LogP contribution in [0.4, 0.5) is 24.5 Å². The summed E-state index contributed by atoms with van der Waals surface area (Å²) in [6.45, 7) is 2.16. The number of pyridine rings is 1. The molecular weight excluding hydrogens is 561 g/mol. The van der Waals surface area contributed by atoms with Gasteiger partial charge in [0.15, 0.2) is 23.1 Å². The van der Waals surface area contributed by atoms with Crippen molar-refractivity contribution < 1.29 is 32.2 Å². The molecule has 7 N–H and O–H groups in total. The number of hydrogen-bond donors (Lipinski definition) is 5. The van der Waals surface area contributed by atoms with Gasteiger partial charge in [-0.3, -0.25) is 10.4 Å². The summed E-state index contributed by atoms with van der Waals surface area (Å²) in [7, 11) is 1.44. The van der Waals surface area contributed by atoms with E-state index in [9.17, 15) is 22.8 Å². The zero-order valence-corrected chi connectivity index (χ0v) is 22.2. The lowest BCUT2D eigenvalue weighted by Gasteiger charge is -2.21. The molecule has 4 aromatic rings. The fourth-order valence-corrected chi connectivity index (χ4v) is 3.89. The molecule has 0 saturated heterocycles. The fraction of sp³-hybridized carbons (Fsp3) is 0.192. The molecule has 0 amide bonds. The number of nitrogen functional groups attached to an aromatic ring is 2. The van der Waals surface area contributed by atoms with Crippen molar-refractivity contribution in [3.8, 4) is 23.1 Å². The third-order valence-corrected chi connectivity index (χ3v) is 5.76. The van der Waals surface area contributed by atoms with Gasteiger partial charge in [-0.25, -0.2) is 14.6 Å². The molecular formula is C26H25F3N8O5. The van der Waals surface area contributed by atoms with Gasteiger partial charge in [0.1, 0.15) is 17.6 Å². The lowest BCUT2D eigenvalue weighted by atomic mass is 10.0. The SMILES string of the molecule is CCOc1ccc(C(Nc2ccc(C(=N)N)c(OC(=O)C(F)(F)F)c2)c2nn(-c3ncccc3N)c(=O)[nH]2)cc1OC. The number of esters is 1. The molecule has 42 heavy (non-hydrogen) atoms. The molecule has 0 aliphatic rings. The van der Waals surface area contributed by atoms with Crippen LogP contribution < -0.4 is 36.7 Å². The van der Waals surface area contributed by atoms with E-state index in [1.807, 2.05) is 0 Å². The van der Waals surface area contributed by atoms with Crippen molar-refractivity contribution in [1.29, 1.82) is 5.41 Å². The number of nitrogens with two attached hydrogens (primary N) is 2. The normalized spacial score (nSPS) is 11.9. The van der Waals surface area contributed by atoms with Crippen LogP contribution in [0.25, 0.3) is 5.82 Å². The quantitative estimate of drug-likeness (QED) is 0.0797. The van der Waals surface area contributed by atoms with Crippen molar-refractivity contribution in [2.24, 2.45) is 5.73 Å². The van der Waals surface area contributed by atoms with Crippen LogP contribution in [0.2, 0.25) is 0 Å². The predicted molar refractivity (Wildman–Crippen MR) is 145 cm³/mol. The van der Waals surface area contributed by atoms with Crippen molar-refractivity contribution >= 4 is 23.2 Å². The summed E-state index contributed by atoms with van der Waals surface area (Å²) < 4.78 is 55.3. The van der Waals surface area contributed by atoms with Gasteiger partial charge < -0.3 is 31.0 Å². The number of nitrogens with one attached hydrogen (secondary N) is 3.